The fourth-order valence-electron chi connectivity index (χ4n) is 4.39. The molecule has 1 aromatic heterocycles. The molecule has 1 amide bonds. The summed E-state index contributed by atoms with van der Waals surface area (Å²) < 4.78 is 2.36. The number of aryl methyl sites for hydroxylation is 2. The fraction of sp³-hybridized carbons (Fsp3) is 0.333. The second-order valence-corrected chi connectivity index (χ2v) is 9.38. The van der Waals surface area contributed by atoms with E-state index in [0.29, 0.717) is 12.5 Å². The molecular weight excluding hydrogens is 418 g/mol. The third-order valence-electron chi connectivity index (χ3n) is 6.47. The van der Waals surface area contributed by atoms with Crippen molar-refractivity contribution in [3.05, 3.63) is 101 Å². The molecule has 0 unspecified atom stereocenters. The highest BCUT2D eigenvalue weighted by atomic mass is 16.1. The number of unbranched alkanes of at least 4 members (excludes halogenated alkanes) is 2. The van der Waals surface area contributed by atoms with Crippen LogP contribution in [-0.2, 0) is 13.0 Å². The molecule has 34 heavy (non-hydrogen) atoms. The summed E-state index contributed by atoms with van der Waals surface area (Å²) in [4.78, 5) is 17.3. The standard InChI is InChI=1S/C30H35N3O/c1-22(2)25-18-16-24(17-19-25)21-33-28-14-9-8-13-27(28)32-29(33)15-5-4-10-20-31-30(34)26-12-7-6-11-23(26)3/h6-9,11-14,16-19,22H,4-5,10,15,20-21H2,1-3H3,(H,31,34). The molecule has 0 fully saturated rings. The number of fused-ring (bicyclic) bond motifs is 1. The van der Waals surface area contributed by atoms with Crippen molar-refractivity contribution in [3.8, 4) is 0 Å². The highest BCUT2D eigenvalue weighted by Gasteiger charge is 2.12. The van der Waals surface area contributed by atoms with Crippen LogP contribution in [0.5, 0.6) is 0 Å². The zero-order valence-corrected chi connectivity index (χ0v) is 20.6. The Hall–Kier alpha value is -3.40. The molecule has 0 radical (unpaired) electrons. The predicted octanol–water partition coefficient (Wildman–Crippen LogP) is 6.66. The monoisotopic (exact) mass is 453 g/mol. The molecule has 0 aliphatic carbocycles. The van der Waals surface area contributed by atoms with E-state index >= 15 is 0 Å². The molecule has 1 heterocycles. The van der Waals surface area contributed by atoms with Crippen molar-refractivity contribution in [1.82, 2.24) is 14.9 Å². The Balaban J connectivity index is 1.34. The molecule has 4 rings (SSSR count). The minimum Gasteiger partial charge on any atom is -0.352 e. The van der Waals surface area contributed by atoms with Crippen LogP contribution in [0.4, 0.5) is 0 Å². The van der Waals surface area contributed by atoms with E-state index in [1.807, 2.05) is 31.2 Å². The number of nitrogens with zero attached hydrogens (tertiary/aromatic N) is 2. The average molecular weight is 454 g/mol. The zero-order chi connectivity index (χ0) is 23.9. The molecular formula is C30H35N3O. The van der Waals surface area contributed by atoms with E-state index < -0.39 is 0 Å². The molecule has 0 atom stereocenters. The van der Waals surface area contributed by atoms with E-state index in [1.54, 1.807) is 0 Å². The molecule has 0 spiro atoms. The summed E-state index contributed by atoms with van der Waals surface area (Å²) in [5.41, 5.74) is 6.69. The summed E-state index contributed by atoms with van der Waals surface area (Å²) in [6, 6.07) is 25.1. The molecule has 0 saturated heterocycles. The fourth-order valence-corrected chi connectivity index (χ4v) is 4.39. The first-order valence-corrected chi connectivity index (χ1v) is 12.4. The van der Waals surface area contributed by atoms with Gasteiger partial charge in [-0.3, -0.25) is 4.79 Å². The third-order valence-corrected chi connectivity index (χ3v) is 6.47. The minimum atomic E-state index is 0.0170. The molecule has 176 valence electrons. The van der Waals surface area contributed by atoms with Crippen LogP contribution in [0.15, 0.2) is 72.8 Å². The second-order valence-electron chi connectivity index (χ2n) is 9.38. The number of nitrogens with one attached hydrogen (secondary N) is 1. The molecule has 4 aromatic rings. The largest absolute Gasteiger partial charge is 0.352 e. The Morgan fingerprint density at radius 2 is 1.65 bits per heavy atom. The topological polar surface area (TPSA) is 46.9 Å². The van der Waals surface area contributed by atoms with E-state index in [0.717, 1.165) is 54.7 Å². The van der Waals surface area contributed by atoms with Crippen LogP contribution in [0.2, 0.25) is 0 Å². The molecule has 0 saturated carbocycles. The van der Waals surface area contributed by atoms with Crippen LogP contribution >= 0.6 is 0 Å². The highest BCUT2D eigenvalue weighted by molar-refractivity contribution is 5.95. The maximum atomic E-state index is 12.4. The lowest BCUT2D eigenvalue weighted by molar-refractivity contribution is 0.0952. The van der Waals surface area contributed by atoms with Crippen LogP contribution in [0.25, 0.3) is 11.0 Å². The summed E-state index contributed by atoms with van der Waals surface area (Å²) in [6.07, 6.45) is 4.01. The van der Waals surface area contributed by atoms with E-state index in [2.05, 4.69) is 72.3 Å². The number of rotatable bonds is 10. The van der Waals surface area contributed by atoms with Gasteiger partial charge in [0.05, 0.1) is 11.0 Å². The van der Waals surface area contributed by atoms with Crippen molar-refractivity contribution in [1.29, 1.82) is 0 Å². The van der Waals surface area contributed by atoms with Crippen molar-refractivity contribution in [2.24, 2.45) is 0 Å². The van der Waals surface area contributed by atoms with Crippen molar-refractivity contribution >= 4 is 16.9 Å². The second kappa shape index (κ2) is 11.1. The van der Waals surface area contributed by atoms with Crippen LogP contribution in [0.3, 0.4) is 0 Å². The van der Waals surface area contributed by atoms with Crippen molar-refractivity contribution in [2.45, 2.75) is 58.9 Å². The third kappa shape index (κ3) is 5.74. The van der Waals surface area contributed by atoms with Crippen molar-refractivity contribution in [3.63, 3.8) is 0 Å². The number of para-hydroxylation sites is 2. The number of hydrogen-bond donors (Lipinski definition) is 1. The van der Waals surface area contributed by atoms with Crippen LogP contribution < -0.4 is 5.32 Å². The van der Waals surface area contributed by atoms with Crippen molar-refractivity contribution < 1.29 is 4.79 Å². The number of aromatic nitrogens is 2. The quantitative estimate of drug-likeness (QED) is 0.273. The first kappa shape index (κ1) is 23.7. The van der Waals surface area contributed by atoms with E-state index in [1.165, 1.54) is 16.6 Å². The molecule has 0 aliphatic rings. The molecule has 3 aromatic carbocycles. The molecule has 4 heteroatoms. The number of carbonyl (C=O) groups excluding carboxylic acids is 1. The number of hydrogen-bond acceptors (Lipinski definition) is 2. The van der Waals surface area contributed by atoms with Crippen LogP contribution in [0, 0.1) is 6.92 Å². The maximum absolute atomic E-state index is 12.4. The molecule has 1 N–H and O–H groups in total. The summed E-state index contributed by atoms with van der Waals surface area (Å²) in [5.74, 6) is 1.70. The minimum absolute atomic E-state index is 0.0170. The van der Waals surface area contributed by atoms with Gasteiger partial charge in [-0.25, -0.2) is 4.98 Å². The van der Waals surface area contributed by atoms with Gasteiger partial charge in [-0.1, -0.05) is 74.9 Å². The lowest BCUT2D eigenvalue weighted by atomic mass is 10.0. The average Bonchev–Trinajstić information content (AvgIpc) is 3.19. The van der Waals surface area contributed by atoms with Crippen LogP contribution in [-0.4, -0.2) is 22.0 Å². The number of amides is 1. The summed E-state index contributed by atoms with van der Waals surface area (Å²) >= 11 is 0. The Labute approximate surface area is 203 Å². The molecule has 0 aliphatic heterocycles. The molecule has 4 nitrogen and oxygen atoms in total. The Kier molecular flexibility index (Phi) is 7.79. The first-order chi connectivity index (χ1) is 16.5. The van der Waals surface area contributed by atoms with Crippen LogP contribution in [0.1, 0.15) is 71.9 Å². The summed E-state index contributed by atoms with van der Waals surface area (Å²) in [7, 11) is 0. The van der Waals surface area contributed by atoms with E-state index in [4.69, 9.17) is 4.98 Å². The van der Waals surface area contributed by atoms with Gasteiger partial charge in [0.15, 0.2) is 0 Å². The maximum Gasteiger partial charge on any atom is 0.251 e. The van der Waals surface area contributed by atoms with Crippen molar-refractivity contribution in [2.75, 3.05) is 6.54 Å². The van der Waals surface area contributed by atoms with Gasteiger partial charge < -0.3 is 9.88 Å². The number of imidazole rings is 1. The smallest absolute Gasteiger partial charge is 0.251 e. The van der Waals surface area contributed by atoms with Gasteiger partial charge in [-0.05, 0) is 60.6 Å². The summed E-state index contributed by atoms with van der Waals surface area (Å²) in [6.45, 7) is 7.96. The van der Waals surface area contributed by atoms with Gasteiger partial charge >= 0.3 is 0 Å². The lowest BCUT2D eigenvalue weighted by Crippen LogP contribution is -2.25. The Morgan fingerprint density at radius 1 is 0.912 bits per heavy atom. The van der Waals surface area contributed by atoms with E-state index in [-0.39, 0.29) is 5.91 Å². The lowest BCUT2D eigenvalue weighted by Gasteiger charge is -2.11. The first-order valence-electron chi connectivity index (χ1n) is 12.4. The Morgan fingerprint density at radius 3 is 2.41 bits per heavy atom. The van der Waals surface area contributed by atoms with Gasteiger partial charge in [0.25, 0.3) is 5.91 Å². The highest BCUT2D eigenvalue weighted by Crippen LogP contribution is 2.21. The number of benzene rings is 3. The predicted molar refractivity (Wildman–Crippen MR) is 140 cm³/mol. The van der Waals surface area contributed by atoms with E-state index in [9.17, 15) is 4.79 Å². The normalized spacial score (nSPS) is 11.3. The number of carbonyl (C=O) groups is 1. The SMILES string of the molecule is Cc1ccccc1C(=O)NCCCCCc1nc2ccccc2n1Cc1ccc(C(C)C)cc1. The zero-order valence-electron chi connectivity index (χ0n) is 20.6. The Bertz CT molecular complexity index is 1240. The van der Waals surface area contributed by atoms with Gasteiger partial charge in [0.2, 0.25) is 0 Å². The van der Waals surface area contributed by atoms with Gasteiger partial charge in [-0.2, -0.15) is 0 Å². The molecule has 0 bridgehead atoms. The van der Waals surface area contributed by atoms with Gasteiger partial charge in [0, 0.05) is 25.1 Å². The van der Waals surface area contributed by atoms with Gasteiger partial charge in [-0.15, -0.1) is 0 Å². The summed E-state index contributed by atoms with van der Waals surface area (Å²) in [5, 5.41) is 3.06. The van der Waals surface area contributed by atoms with Gasteiger partial charge in [0.1, 0.15) is 5.82 Å².